The fourth-order valence-corrected chi connectivity index (χ4v) is 4.67. The second-order valence-corrected chi connectivity index (χ2v) is 9.64. The highest BCUT2D eigenvalue weighted by Crippen LogP contribution is 2.40. The number of nitrogens with one attached hydrogen (secondary N) is 2. The van der Waals surface area contributed by atoms with Gasteiger partial charge < -0.3 is 15.4 Å². The summed E-state index contributed by atoms with van der Waals surface area (Å²) in [6.07, 6.45) is -12.3. The highest BCUT2D eigenvalue weighted by Gasteiger charge is 2.41. The molecule has 1 aliphatic carbocycles. The van der Waals surface area contributed by atoms with E-state index in [4.69, 9.17) is 16.3 Å². The summed E-state index contributed by atoms with van der Waals surface area (Å²) >= 11 is 6.00. The third kappa shape index (κ3) is 6.50. The van der Waals surface area contributed by atoms with E-state index in [1.807, 2.05) is 0 Å². The molecule has 0 atom stereocenters. The first-order chi connectivity index (χ1) is 18.6. The normalized spacial score (nSPS) is 18.3. The van der Waals surface area contributed by atoms with Crippen molar-refractivity contribution >= 4 is 40.3 Å². The maximum absolute atomic E-state index is 13.5. The van der Waals surface area contributed by atoms with Gasteiger partial charge in [-0.15, -0.1) is 0 Å². The smallest absolute Gasteiger partial charge is 0.418 e. The molecule has 3 aromatic rings. The predicted molar refractivity (Wildman–Crippen MR) is 129 cm³/mol. The van der Waals surface area contributed by atoms with Crippen LogP contribution in [0.3, 0.4) is 0 Å². The summed E-state index contributed by atoms with van der Waals surface area (Å²) < 4.78 is 112. The summed E-state index contributed by atoms with van der Waals surface area (Å²) in [7, 11) is 1.38. The first-order valence-electron chi connectivity index (χ1n) is 11.9. The number of fused-ring (bicyclic) bond motifs is 1. The Morgan fingerprint density at radius 2 is 1.80 bits per heavy atom. The number of benzene rings is 1. The number of halogens is 9. The molecule has 16 heteroatoms. The van der Waals surface area contributed by atoms with Crippen LogP contribution in [0.15, 0.2) is 24.3 Å². The van der Waals surface area contributed by atoms with Crippen LogP contribution in [0.25, 0.3) is 11.2 Å². The van der Waals surface area contributed by atoms with Gasteiger partial charge in [0.1, 0.15) is 11.1 Å². The Labute approximate surface area is 226 Å². The van der Waals surface area contributed by atoms with Gasteiger partial charge in [0.05, 0.1) is 22.2 Å². The van der Waals surface area contributed by atoms with Crippen LogP contribution in [0.4, 0.5) is 46.8 Å². The van der Waals surface area contributed by atoms with Gasteiger partial charge in [0.25, 0.3) is 12.3 Å². The zero-order valence-electron chi connectivity index (χ0n) is 20.6. The molecule has 1 amide bonds. The predicted octanol–water partition coefficient (Wildman–Crippen LogP) is 6.88. The van der Waals surface area contributed by atoms with E-state index >= 15 is 0 Å². The molecule has 2 N–H and O–H groups in total. The van der Waals surface area contributed by atoms with Crippen LogP contribution < -0.4 is 15.4 Å². The van der Waals surface area contributed by atoms with Gasteiger partial charge in [-0.1, -0.05) is 17.7 Å². The molecule has 0 unspecified atom stereocenters. The minimum Gasteiger partial charge on any atom is -0.471 e. The first kappa shape index (κ1) is 29.6. The number of carbonyl (C=O) groups is 1. The van der Waals surface area contributed by atoms with Gasteiger partial charge in [-0.25, -0.2) is 13.8 Å². The Morgan fingerprint density at radius 1 is 1.12 bits per heavy atom. The van der Waals surface area contributed by atoms with E-state index in [0.29, 0.717) is 0 Å². The van der Waals surface area contributed by atoms with E-state index in [-0.39, 0.29) is 53.4 Å². The van der Waals surface area contributed by atoms with Gasteiger partial charge >= 0.3 is 12.4 Å². The average Bonchev–Trinajstić information content (AvgIpc) is 3.16. The van der Waals surface area contributed by atoms with Crippen LogP contribution in [0.1, 0.15) is 41.6 Å². The molecule has 218 valence electrons. The number of hydrogen-bond acceptors (Lipinski definition) is 5. The van der Waals surface area contributed by atoms with Gasteiger partial charge in [-0.05, 0) is 43.9 Å². The van der Waals surface area contributed by atoms with Crippen molar-refractivity contribution in [3.63, 3.8) is 0 Å². The van der Waals surface area contributed by atoms with Crippen molar-refractivity contribution in [2.45, 2.75) is 50.5 Å². The molecule has 0 bridgehead atoms. The Hall–Kier alpha value is -3.36. The van der Waals surface area contributed by atoms with Crippen LogP contribution in [-0.2, 0) is 13.2 Å². The van der Waals surface area contributed by atoms with Gasteiger partial charge in [0.2, 0.25) is 11.8 Å². The van der Waals surface area contributed by atoms with E-state index in [0.717, 1.165) is 18.2 Å². The van der Waals surface area contributed by atoms with E-state index in [9.17, 15) is 39.9 Å². The molecular weight excluding hydrogens is 578 g/mol. The van der Waals surface area contributed by atoms with Crippen LogP contribution >= 0.6 is 11.6 Å². The topological polar surface area (TPSA) is 81.1 Å². The van der Waals surface area contributed by atoms with Crippen molar-refractivity contribution in [3.05, 3.63) is 40.4 Å². The lowest BCUT2D eigenvalue weighted by Gasteiger charge is -2.30. The number of amides is 1. The molecule has 2 aromatic heterocycles. The second-order valence-electron chi connectivity index (χ2n) is 9.23. The molecule has 2 heterocycles. The molecule has 40 heavy (non-hydrogen) atoms. The van der Waals surface area contributed by atoms with Gasteiger partial charge in [0, 0.05) is 13.1 Å². The molecule has 0 aliphatic heterocycles. The number of rotatable bonds is 7. The molecule has 1 saturated carbocycles. The summed E-state index contributed by atoms with van der Waals surface area (Å²) in [4.78, 5) is 21.3. The Bertz CT molecular complexity index is 1380. The number of hydrogen-bond donors (Lipinski definition) is 2. The molecule has 1 aromatic carbocycles. The number of ether oxygens (including phenoxy) is 1. The van der Waals surface area contributed by atoms with Crippen LogP contribution in [0.2, 0.25) is 5.02 Å². The summed E-state index contributed by atoms with van der Waals surface area (Å²) in [5, 5.41) is 4.84. The lowest BCUT2D eigenvalue weighted by molar-refractivity contribution is -0.182. The fourth-order valence-electron chi connectivity index (χ4n) is 4.45. The number of alkyl halides is 8. The van der Waals surface area contributed by atoms with Crippen molar-refractivity contribution in [2.24, 2.45) is 13.0 Å². The van der Waals surface area contributed by atoms with E-state index < -0.39 is 60.4 Å². The monoisotopic (exact) mass is 599 g/mol. The summed E-state index contributed by atoms with van der Waals surface area (Å²) in [6.45, 7) is -1.12. The quantitative estimate of drug-likeness (QED) is 0.290. The first-order valence-corrected chi connectivity index (χ1v) is 12.3. The summed E-state index contributed by atoms with van der Waals surface area (Å²) in [6, 6.07) is 3.73. The number of imidazole rings is 1. The fraction of sp³-hybridized carbons (Fsp3) is 0.458. The van der Waals surface area contributed by atoms with Crippen LogP contribution in [-0.4, -0.2) is 45.7 Å². The van der Waals surface area contributed by atoms with Crippen molar-refractivity contribution in [3.8, 4) is 5.88 Å². The Balaban J connectivity index is 1.65. The maximum Gasteiger partial charge on any atom is 0.418 e. The van der Waals surface area contributed by atoms with E-state index in [1.165, 1.54) is 17.7 Å². The summed E-state index contributed by atoms with van der Waals surface area (Å²) in [5.41, 5.74) is -1.89. The highest BCUT2D eigenvalue weighted by atomic mass is 35.5. The standard InChI is InChI=1S/C24H22ClF8N5O2/c1-38-19-16(35-22(38)36-18-14(24(31,32)33)3-2-4-15(18)25)9-13(21(37-19)40-10-17(26)27)20(39)34-12-7-5-11(6-8-12)23(28,29)30/h2-4,9,11-12,17H,5-8,10H2,1H3,(H,34,39)(H,35,36)/t11-,12-. The lowest BCUT2D eigenvalue weighted by atomic mass is 9.85. The van der Waals surface area contributed by atoms with E-state index in [2.05, 4.69) is 20.6 Å². The number of para-hydroxylation sites is 1. The highest BCUT2D eigenvalue weighted by molar-refractivity contribution is 6.33. The molecule has 0 saturated heterocycles. The van der Waals surface area contributed by atoms with Gasteiger partial charge in [0.15, 0.2) is 12.3 Å². The molecule has 4 rings (SSSR count). The number of carbonyl (C=O) groups excluding carboxylic acids is 1. The average molecular weight is 600 g/mol. The number of aryl methyl sites for hydroxylation is 1. The third-order valence-electron chi connectivity index (χ3n) is 6.48. The zero-order chi connectivity index (χ0) is 29.4. The molecule has 1 aliphatic rings. The largest absolute Gasteiger partial charge is 0.471 e. The zero-order valence-corrected chi connectivity index (χ0v) is 21.4. The molecule has 0 spiro atoms. The number of nitrogens with zero attached hydrogens (tertiary/aromatic N) is 3. The molecule has 7 nitrogen and oxygen atoms in total. The van der Waals surface area contributed by atoms with Crippen LogP contribution in [0, 0.1) is 5.92 Å². The van der Waals surface area contributed by atoms with Crippen LogP contribution in [0.5, 0.6) is 5.88 Å². The van der Waals surface area contributed by atoms with Crippen molar-refractivity contribution < 1.29 is 44.7 Å². The number of anilines is 2. The molecule has 0 radical (unpaired) electrons. The molecule has 1 fully saturated rings. The SMILES string of the molecule is Cn1c(Nc2c(Cl)cccc2C(F)(F)F)nc2cc(C(=O)N[C@H]3CC[C@H](C(F)(F)F)CC3)c(OCC(F)F)nc21. The third-order valence-corrected chi connectivity index (χ3v) is 6.80. The minimum atomic E-state index is -4.75. The minimum absolute atomic E-state index is 0.000869. The Morgan fingerprint density at radius 3 is 2.40 bits per heavy atom. The lowest BCUT2D eigenvalue weighted by Crippen LogP contribution is -2.40. The number of aromatic nitrogens is 3. The summed E-state index contributed by atoms with van der Waals surface area (Å²) in [5.74, 6) is -2.97. The van der Waals surface area contributed by atoms with E-state index in [1.54, 1.807) is 0 Å². The molecular formula is C24H22ClF8N5O2. The second kappa shape index (κ2) is 11.3. The number of pyridine rings is 1. The van der Waals surface area contributed by atoms with Gasteiger partial charge in [-0.3, -0.25) is 9.36 Å². The Kier molecular flexibility index (Phi) is 8.33. The van der Waals surface area contributed by atoms with Crippen molar-refractivity contribution in [1.82, 2.24) is 19.9 Å². The van der Waals surface area contributed by atoms with Crippen molar-refractivity contribution in [1.29, 1.82) is 0 Å². The van der Waals surface area contributed by atoms with Gasteiger partial charge in [-0.2, -0.15) is 31.3 Å². The van der Waals surface area contributed by atoms with Crippen molar-refractivity contribution in [2.75, 3.05) is 11.9 Å². The maximum atomic E-state index is 13.5.